The molecule has 2 aromatic rings. The van der Waals surface area contributed by atoms with Crippen molar-refractivity contribution in [3.8, 4) is 11.5 Å². The highest BCUT2D eigenvalue weighted by atomic mass is 28.4. The van der Waals surface area contributed by atoms with Crippen molar-refractivity contribution in [1.29, 1.82) is 0 Å². The minimum atomic E-state index is -1.80. The Balaban J connectivity index is 1.54. The van der Waals surface area contributed by atoms with E-state index in [2.05, 4.69) is 70.3 Å². The molecule has 0 fully saturated rings. The van der Waals surface area contributed by atoms with E-state index in [1.165, 1.54) is 5.56 Å². The Hall–Kier alpha value is -2.04. The van der Waals surface area contributed by atoms with Gasteiger partial charge in [0.25, 0.3) is 0 Å². The summed E-state index contributed by atoms with van der Waals surface area (Å²) >= 11 is 0. The smallest absolute Gasteiger partial charge is 0.250 e. The summed E-state index contributed by atoms with van der Waals surface area (Å²) in [6.45, 7) is 11.3. The van der Waals surface area contributed by atoms with E-state index >= 15 is 0 Å². The maximum absolute atomic E-state index is 9.47. The second-order valence-corrected chi connectivity index (χ2v) is 14.2. The molecule has 2 aromatic carbocycles. The van der Waals surface area contributed by atoms with Crippen LogP contribution in [-0.2, 0) is 11.2 Å². The zero-order valence-corrected chi connectivity index (χ0v) is 19.3. The second kappa shape index (κ2) is 8.76. The lowest BCUT2D eigenvalue weighted by Crippen LogP contribution is -2.43. The molecule has 1 aliphatic rings. The van der Waals surface area contributed by atoms with Gasteiger partial charge in [0, 0.05) is 0 Å². The summed E-state index contributed by atoms with van der Waals surface area (Å²) in [6, 6.07) is 15.8. The van der Waals surface area contributed by atoms with E-state index in [9.17, 15) is 5.11 Å². The molecule has 0 spiro atoms. The minimum absolute atomic E-state index is 0.0327. The lowest BCUT2D eigenvalue weighted by Gasteiger charge is -2.36. The molecule has 156 valence electrons. The van der Waals surface area contributed by atoms with Crippen molar-refractivity contribution >= 4 is 8.32 Å². The Labute approximate surface area is 176 Å². The average molecular weight is 411 g/mol. The third kappa shape index (κ3) is 5.74. The Morgan fingerprint density at radius 3 is 2.31 bits per heavy atom. The summed E-state index contributed by atoms with van der Waals surface area (Å²) in [5.74, 6) is 1.26. The van der Waals surface area contributed by atoms with Gasteiger partial charge in [-0.1, -0.05) is 57.2 Å². The number of hydrogen-bond donors (Lipinski definition) is 1. The number of aromatic hydroxyl groups is 1. The van der Waals surface area contributed by atoms with Crippen LogP contribution in [0.2, 0.25) is 18.1 Å². The lowest BCUT2D eigenvalue weighted by molar-refractivity contribution is 0.000724. The first kappa shape index (κ1) is 21.7. The summed E-state index contributed by atoms with van der Waals surface area (Å²) in [7, 11) is -1.80. The third-order valence-corrected chi connectivity index (χ3v) is 10.5. The van der Waals surface area contributed by atoms with Crippen molar-refractivity contribution in [2.24, 2.45) is 0 Å². The van der Waals surface area contributed by atoms with Gasteiger partial charge in [0.2, 0.25) is 8.32 Å². The first-order valence-electron chi connectivity index (χ1n) is 10.5. The molecule has 29 heavy (non-hydrogen) atoms. The first-order valence-corrected chi connectivity index (χ1v) is 13.4. The fourth-order valence-corrected chi connectivity index (χ4v) is 4.23. The molecule has 0 radical (unpaired) electrons. The molecule has 0 amide bonds. The summed E-state index contributed by atoms with van der Waals surface area (Å²) in [5.41, 5.74) is 2.39. The topological polar surface area (TPSA) is 38.7 Å². The van der Waals surface area contributed by atoms with Crippen molar-refractivity contribution in [2.45, 2.75) is 70.4 Å². The molecule has 1 heterocycles. The number of rotatable bonds is 6. The van der Waals surface area contributed by atoms with Crippen molar-refractivity contribution in [3.63, 3.8) is 0 Å². The highest BCUT2D eigenvalue weighted by molar-refractivity contribution is 6.74. The molecule has 2 atom stereocenters. The fourth-order valence-electron chi connectivity index (χ4n) is 3.20. The van der Waals surface area contributed by atoms with Crippen LogP contribution in [0.25, 0.3) is 0 Å². The Morgan fingerprint density at radius 1 is 1.03 bits per heavy atom. The van der Waals surface area contributed by atoms with Gasteiger partial charge in [0.05, 0.1) is 6.10 Å². The van der Waals surface area contributed by atoms with Gasteiger partial charge in [-0.25, -0.2) is 0 Å². The highest BCUT2D eigenvalue weighted by Gasteiger charge is 2.38. The number of ether oxygens (including phenoxy) is 1. The van der Waals surface area contributed by atoms with Crippen LogP contribution in [0.5, 0.6) is 11.5 Å². The maximum atomic E-state index is 9.47. The number of phenols is 1. The van der Waals surface area contributed by atoms with Crippen molar-refractivity contribution < 1.29 is 14.3 Å². The first-order chi connectivity index (χ1) is 13.6. The lowest BCUT2D eigenvalue weighted by atomic mass is 10.0. The van der Waals surface area contributed by atoms with Crippen LogP contribution >= 0.6 is 0 Å². The predicted molar refractivity (Wildman–Crippen MR) is 122 cm³/mol. The molecule has 0 saturated heterocycles. The van der Waals surface area contributed by atoms with Crippen LogP contribution in [0.1, 0.15) is 50.8 Å². The maximum Gasteiger partial charge on any atom is 0.250 e. The fraction of sp³-hybridized carbons (Fsp3) is 0.440. The quantitative estimate of drug-likeness (QED) is 0.420. The normalized spacial score (nSPS) is 19.9. The molecular formula is C25H34O3Si. The van der Waals surface area contributed by atoms with E-state index in [4.69, 9.17) is 9.16 Å². The van der Waals surface area contributed by atoms with Crippen LogP contribution < -0.4 is 4.43 Å². The average Bonchev–Trinajstić information content (AvgIpc) is 2.67. The molecule has 0 bridgehead atoms. The van der Waals surface area contributed by atoms with Gasteiger partial charge in [-0.15, -0.1) is 0 Å². The van der Waals surface area contributed by atoms with Gasteiger partial charge < -0.3 is 14.3 Å². The molecule has 0 unspecified atom stereocenters. The van der Waals surface area contributed by atoms with Crippen molar-refractivity contribution in [3.05, 3.63) is 71.8 Å². The zero-order chi connectivity index (χ0) is 21.1. The van der Waals surface area contributed by atoms with Crippen LogP contribution in [0.4, 0.5) is 0 Å². The molecular weight excluding hydrogens is 376 g/mol. The largest absolute Gasteiger partial charge is 0.544 e. The molecule has 1 N–H and O–H groups in total. The summed E-state index contributed by atoms with van der Waals surface area (Å²) in [6.07, 6.45) is 7.41. The van der Waals surface area contributed by atoms with Gasteiger partial charge in [-0.05, 0) is 72.8 Å². The second-order valence-electron chi connectivity index (χ2n) is 9.48. The van der Waals surface area contributed by atoms with Gasteiger partial charge >= 0.3 is 0 Å². The number of hydrogen-bond acceptors (Lipinski definition) is 3. The van der Waals surface area contributed by atoms with Crippen LogP contribution in [0, 0.1) is 0 Å². The summed E-state index contributed by atoms with van der Waals surface area (Å²) in [5, 5.41) is 9.67. The van der Waals surface area contributed by atoms with Crippen molar-refractivity contribution in [2.75, 3.05) is 0 Å². The molecule has 0 aliphatic carbocycles. The van der Waals surface area contributed by atoms with Crippen LogP contribution in [0.15, 0.2) is 60.7 Å². The minimum Gasteiger partial charge on any atom is -0.544 e. The standard InChI is InChI=1S/C25H34O3Si/c1-25(2,3)29(4,5)28-23-17-10-19(11-18-23)9-16-22-7-6-8-24(27-22)20-12-14-21(26)15-13-20/h6,8,10-15,17-18,22,24,26H,7,9,16H2,1-5H3/t22-,24-/m1/s1. The van der Waals surface area contributed by atoms with E-state index in [-0.39, 0.29) is 23.0 Å². The van der Waals surface area contributed by atoms with E-state index in [1.807, 2.05) is 12.1 Å². The van der Waals surface area contributed by atoms with E-state index in [0.29, 0.717) is 0 Å². The number of aryl methyl sites for hydroxylation is 1. The summed E-state index contributed by atoms with van der Waals surface area (Å²) in [4.78, 5) is 0. The SMILES string of the molecule is CC(C)(C)[Si](C)(C)Oc1ccc(CC[C@H]2CC=C[C@H](c3ccc(O)cc3)O2)cc1. The Morgan fingerprint density at radius 2 is 1.69 bits per heavy atom. The number of phenolic OH excluding ortho intramolecular Hbond substituents is 1. The van der Waals surface area contributed by atoms with Crippen LogP contribution in [-0.4, -0.2) is 19.5 Å². The van der Waals surface area contributed by atoms with Crippen molar-refractivity contribution in [1.82, 2.24) is 0 Å². The highest BCUT2D eigenvalue weighted by Crippen LogP contribution is 2.37. The predicted octanol–water partition coefficient (Wildman–Crippen LogP) is 6.80. The molecule has 4 heteroatoms. The van der Waals surface area contributed by atoms with E-state index < -0.39 is 8.32 Å². The monoisotopic (exact) mass is 410 g/mol. The molecule has 1 aliphatic heterocycles. The van der Waals surface area contributed by atoms with E-state index in [0.717, 1.165) is 30.6 Å². The molecule has 0 saturated carbocycles. The Bertz CT molecular complexity index is 817. The molecule has 3 nitrogen and oxygen atoms in total. The zero-order valence-electron chi connectivity index (χ0n) is 18.3. The van der Waals surface area contributed by atoms with Gasteiger partial charge in [0.15, 0.2) is 0 Å². The van der Waals surface area contributed by atoms with Gasteiger partial charge in [0.1, 0.15) is 17.6 Å². The third-order valence-electron chi connectivity index (χ3n) is 6.13. The Kier molecular flexibility index (Phi) is 6.54. The molecule has 0 aromatic heterocycles. The molecule has 3 rings (SSSR count). The van der Waals surface area contributed by atoms with Crippen LogP contribution in [0.3, 0.4) is 0 Å². The van der Waals surface area contributed by atoms with Gasteiger partial charge in [-0.2, -0.15) is 0 Å². The van der Waals surface area contributed by atoms with E-state index in [1.54, 1.807) is 12.1 Å². The number of benzene rings is 2. The summed E-state index contributed by atoms with van der Waals surface area (Å²) < 4.78 is 12.6. The van der Waals surface area contributed by atoms with Gasteiger partial charge in [-0.3, -0.25) is 0 Å².